The molecule has 0 atom stereocenters. The fourth-order valence-corrected chi connectivity index (χ4v) is 2.31. The van der Waals surface area contributed by atoms with Crippen molar-refractivity contribution in [1.29, 1.82) is 0 Å². The van der Waals surface area contributed by atoms with Crippen molar-refractivity contribution in [1.82, 2.24) is 4.98 Å². The molecule has 1 aromatic heterocycles. The lowest BCUT2D eigenvalue weighted by Gasteiger charge is -2.11. The number of hydrazone groups is 1. The molecule has 0 saturated heterocycles. The Morgan fingerprint density at radius 1 is 0.958 bits per heavy atom. The first-order valence-corrected chi connectivity index (χ1v) is 7.81. The van der Waals surface area contributed by atoms with E-state index in [1.807, 2.05) is 62.6 Å². The number of nitrogens with zero attached hydrogens (tertiary/aromatic N) is 3. The van der Waals surface area contributed by atoms with Crippen LogP contribution < -0.4 is 10.3 Å². The van der Waals surface area contributed by atoms with Gasteiger partial charge in [-0.05, 0) is 42.0 Å². The number of hydrogen-bond donors (Lipinski definition) is 1. The van der Waals surface area contributed by atoms with Gasteiger partial charge in [-0.2, -0.15) is 5.10 Å². The zero-order chi connectivity index (χ0) is 16.8. The van der Waals surface area contributed by atoms with Crippen molar-refractivity contribution in [2.75, 3.05) is 24.4 Å². The molecule has 1 heterocycles. The van der Waals surface area contributed by atoms with Gasteiger partial charge in [0.25, 0.3) is 0 Å². The van der Waals surface area contributed by atoms with E-state index in [-0.39, 0.29) is 0 Å². The number of rotatable bonds is 5. The molecule has 2 aromatic carbocycles. The first-order chi connectivity index (χ1) is 11.7. The van der Waals surface area contributed by atoms with Crippen LogP contribution in [0.1, 0.15) is 5.56 Å². The Labute approximate surface area is 142 Å². The van der Waals surface area contributed by atoms with E-state index >= 15 is 0 Å². The van der Waals surface area contributed by atoms with E-state index in [1.165, 1.54) is 5.69 Å². The highest BCUT2D eigenvalue weighted by molar-refractivity contribution is 5.81. The molecule has 0 aliphatic carbocycles. The number of fused-ring (bicyclic) bond motifs is 1. The van der Waals surface area contributed by atoms with E-state index in [0.29, 0.717) is 0 Å². The van der Waals surface area contributed by atoms with Gasteiger partial charge in [-0.3, -0.25) is 5.43 Å². The van der Waals surface area contributed by atoms with Gasteiger partial charge in [-0.1, -0.05) is 36.4 Å². The summed E-state index contributed by atoms with van der Waals surface area (Å²) in [6.07, 6.45) is 5.63. The van der Waals surface area contributed by atoms with Crippen molar-refractivity contribution in [3.05, 3.63) is 72.3 Å². The van der Waals surface area contributed by atoms with E-state index in [9.17, 15) is 0 Å². The van der Waals surface area contributed by atoms with Crippen LogP contribution in [0, 0.1) is 0 Å². The lowest BCUT2D eigenvalue weighted by molar-refractivity contribution is 1.13. The van der Waals surface area contributed by atoms with Gasteiger partial charge in [0.15, 0.2) is 0 Å². The minimum absolute atomic E-state index is 0.730. The highest BCUT2D eigenvalue weighted by Gasteiger charge is 1.95. The van der Waals surface area contributed by atoms with Gasteiger partial charge in [0.2, 0.25) is 0 Å². The first kappa shape index (κ1) is 15.7. The summed E-state index contributed by atoms with van der Waals surface area (Å²) in [4.78, 5) is 6.58. The van der Waals surface area contributed by atoms with Crippen molar-refractivity contribution >= 4 is 34.7 Å². The van der Waals surface area contributed by atoms with E-state index in [4.69, 9.17) is 0 Å². The Morgan fingerprint density at radius 3 is 2.54 bits per heavy atom. The van der Waals surface area contributed by atoms with Gasteiger partial charge >= 0.3 is 0 Å². The summed E-state index contributed by atoms with van der Waals surface area (Å²) >= 11 is 0. The maximum atomic E-state index is 4.50. The van der Waals surface area contributed by atoms with Crippen LogP contribution in [0.5, 0.6) is 0 Å². The van der Waals surface area contributed by atoms with Crippen LogP contribution in [0.2, 0.25) is 0 Å². The van der Waals surface area contributed by atoms with Crippen molar-refractivity contribution in [2.45, 2.75) is 0 Å². The van der Waals surface area contributed by atoms with Crippen LogP contribution in [-0.4, -0.2) is 25.3 Å². The lowest BCUT2D eigenvalue weighted by Crippen LogP contribution is -2.07. The largest absolute Gasteiger partial charge is 0.378 e. The summed E-state index contributed by atoms with van der Waals surface area (Å²) in [5.74, 6) is 0.730. The van der Waals surface area contributed by atoms with E-state index < -0.39 is 0 Å². The zero-order valence-corrected chi connectivity index (χ0v) is 13.8. The molecule has 0 fully saturated rings. The molecule has 0 radical (unpaired) electrons. The van der Waals surface area contributed by atoms with E-state index in [0.717, 1.165) is 22.3 Å². The highest BCUT2D eigenvalue weighted by Crippen LogP contribution is 2.14. The SMILES string of the molecule is CN(C)c1ccc(/C=C/C=N\Nc2ccc3ccccc3n2)cc1. The third-order valence-electron chi connectivity index (χ3n) is 3.64. The van der Waals surface area contributed by atoms with Crippen molar-refractivity contribution in [3.8, 4) is 0 Å². The van der Waals surface area contributed by atoms with Crippen LogP contribution >= 0.6 is 0 Å². The van der Waals surface area contributed by atoms with Gasteiger partial charge < -0.3 is 4.90 Å². The van der Waals surface area contributed by atoms with Gasteiger partial charge in [-0.15, -0.1) is 0 Å². The normalized spacial score (nSPS) is 11.4. The predicted molar refractivity (Wildman–Crippen MR) is 104 cm³/mol. The van der Waals surface area contributed by atoms with Gasteiger partial charge in [0, 0.05) is 31.4 Å². The van der Waals surface area contributed by atoms with Crippen LogP contribution in [-0.2, 0) is 0 Å². The minimum atomic E-state index is 0.730. The first-order valence-electron chi connectivity index (χ1n) is 7.81. The second kappa shape index (κ2) is 7.42. The van der Waals surface area contributed by atoms with Crippen molar-refractivity contribution < 1.29 is 0 Å². The maximum absolute atomic E-state index is 4.50. The maximum Gasteiger partial charge on any atom is 0.146 e. The molecule has 0 aliphatic heterocycles. The topological polar surface area (TPSA) is 40.5 Å². The molecule has 3 rings (SSSR count). The molecule has 0 spiro atoms. The number of benzene rings is 2. The smallest absolute Gasteiger partial charge is 0.146 e. The minimum Gasteiger partial charge on any atom is -0.378 e. The molecule has 3 aromatic rings. The van der Waals surface area contributed by atoms with Crippen molar-refractivity contribution in [2.24, 2.45) is 5.10 Å². The van der Waals surface area contributed by atoms with Crippen LogP contribution in [0.3, 0.4) is 0 Å². The molecule has 0 amide bonds. The number of allylic oxidation sites excluding steroid dienone is 1. The molecule has 0 aliphatic rings. The Balaban J connectivity index is 1.59. The molecule has 0 unspecified atom stereocenters. The summed E-state index contributed by atoms with van der Waals surface area (Å²) in [5, 5.41) is 5.30. The zero-order valence-electron chi connectivity index (χ0n) is 13.8. The molecule has 0 bridgehead atoms. The molecule has 0 saturated carbocycles. The molecular weight excluding hydrogens is 296 g/mol. The van der Waals surface area contributed by atoms with E-state index in [1.54, 1.807) is 6.21 Å². The summed E-state index contributed by atoms with van der Waals surface area (Å²) in [7, 11) is 4.06. The number of anilines is 2. The summed E-state index contributed by atoms with van der Waals surface area (Å²) < 4.78 is 0. The third kappa shape index (κ3) is 3.98. The average Bonchev–Trinajstić information content (AvgIpc) is 2.61. The monoisotopic (exact) mass is 316 g/mol. The van der Waals surface area contributed by atoms with Crippen LogP contribution in [0.25, 0.3) is 17.0 Å². The Bertz CT molecular complexity index is 864. The second-order valence-electron chi connectivity index (χ2n) is 5.62. The van der Waals surface area contributed by atoms with Crippen LogP contribution in [0.15, 0.2) is 71.8 Å². The predicted octanol–water partition coefficient (Wildman–Crippen LogP) is 4.41. The Hall–Kier alpha value is -3.14. The molecular formula is C20H20N4. The number of aromatic nitrogens is 1. The third-order valence-corrected chi connectivity index (χ3v) is 3.64. The number of para-hydroxylation sites is 1. The van der Waals surface area contributed by atoms with Gasteiger partial charge in [0.05, 0.1) is 5.52 Å². The number of nitrogens with one attached hydrogen (secondary N) is 1. The second-order valence-corrected chi connectivity index (χ2v) is 5.62. The number of pyridine rings is 1. The molecule has 120 valence electrons. The average molecular weight is 316 g/mol. The fourth-order valence-electron chi connectivity index (χ4n) is 2.31. The Kier molecular flexibility index (Phi) is 4.87. The quantitative estimate of drug-likeness (QED) is 0.560. The highest BCUT2D eigenvalue weighted by atomic mass is 15.3. The summed E-state index contributed by atoms with van der Waals surface area (Å²) in [6.45, 7) is 0. The van der Waals surface area contributed by atoms with Gasteiger partial charge in [-0.25, -0.2) is 4.98 Å². The van der Waals surface area contributed by atoms with Gasteiger partial charge in [0.1, 0.15) is 5.82 Å². The lowest BCUT2D eigenvalue weighted by atomic mass is 10.2. The number of hydrogen-bond acceptors (Lipinski definition) is 4. The standard InChI is InChI=1S/C20H20N4/c1-24(2)18-12-9-16(10-13-18)6-5-15-21-23-20-14-11-17-7-3-4-8-19(17)22-20/h3-15H,1-2H3,(H,22,23)/b6-5+,21-15-. The molecule has 24 heavy (non-hydrogen) atoms. The molecule has 4 heteroatoms. The Morgan fingerprint density at radius 2 is 1.75 bits per heavy atom. The van der Waals surface area contributed by atoms with E-state index in [2.05, 4.69) is 44.7 Å². The van der Waals surface area contributed by atoms with Crippen LogP contribution in [0.4, 0.5) is 11.5 Å². The summed E-state index contributed by atoms with van der Waals surface area (Å²) in [5.41, 5.74) is 6.22. The van der Waals surface area contributed by atoms with Crippen molar-refractivity contribution in [3.63, 3.8) is 0 Å². The summed E-state index contributed by atoms with van der Waals surface area (Å²) in [6, 6.07) is 20.3. The molecule has 1 N–H and O–H groups in total. The fraction of sp³-hybridized carbons (Fsp3) is 0.100. The molecule has 4 nitrogen and oxygen atoms in total.